The number of aldehydes is 1. The van der Waals surface area contributed by atoms with Gasteiger partial charge in [-0.05, 0) is 124 Å². The summed E-state index contributed by atoms with van der Waals surface area (Å²) in [5.74, 6) is 5.78. The Morgan fingerprint density at radius 2 is 0.404 bits per heavy atom. The van der Waals surface area contributed by atoms with Gasteiger partial charge in [0.2, 0.25) is 0 Å². The standard InChI is InChI=1S/5C12H17NO4.C11H15NO4.C9H10O3.ClH/c5*1-15-10-5-4-8(6-11(10)16-2)9(13)7-12(14)17-3;1-15-9-4-3-7(5-10(9)16-2)8(12)6-11(13)14;1-11-8-4-3-7(6-10)5-9(8)12-2;/h5*4-6,9H,7,13H2,1-3H3;3-5,8H,6,12H2,1-2H3,(H,13,14);3-6H,1-2H3;1H/t4*9-;;;;/m1100..../s1. The number of nitrogens with two attached hydrogens (primary N) is 6. The Balaban J connectivity index is 0.00000131. The molecule has 7 rings (SSSR count). The Hall–Kier alpha value is -11.7. The Kier molecular flexibility index (Phi) is 50.7. The van der Waals surface area contributed by atoms with Crippen molar-refractivity contribution >= 4 is 54.5 Å². The fourth-order valence-corrected chi connectivity index (χ4v) is 9.64. The third-order valence-electron chi connectivity index (χ3n) is 16.0. The normalized spacial score (nSPS) is 11.4. The molecule has 33 nitrogen and oxygen atoms in total. The molecule has 0 spiro atoms. The van der Waals surface area contributed by atoms with E-state index >= 15 is 0 Å². The van der Waals surface area contributed by atoms with Crippen molar-refractivity contribution in [2.24, 2.45) is 34.4 Å². The van der Waals surface area contributed by atoms with Crippen LogP contribution in [0, 0.1) is 0 Å². The number of aliphatic carboxylic acids is 1. The summed E-state index contributed by atoms with van der Waals surface area (Å²) >= 11 is 0. The van der Waals surface area contributed by atoms with Gasteiger partial charge in [-0.25, -0.2) is 0 Å². The van der Waals surface area contributed by atoms with E-state index in [-0.39, 0.29) is 80.8 Å². The summed E-state index contributed by atoms with van der Waals surface area (Å²) < 4.78 is 94.4. The number of methoxy groups -OCH3 is 19. The van der Waals surface area contributed by atoms with Crippen LogP contribution in [0.4, 0.5) is 0 Å². The van der Waals surface area contributed by atoms with Gasteiger partial charge < -0.3 is 130 Å². The summed E-state index contributed by atoms with van der Waals surface area (Å²) in [6.07, 6.45) is 1.30. The molecule has 0 fully saturated rings. The number of benzene rings is 7. The van der Waals surface area contributed by atoms with Gasteiger partial charge in [-0.3, -0.25) is 33.6 Å². The smallest absolute Gasteiger partial charge is 0.307 e. The van der Waals surface area contributed by atoms with Crippen LogP contribution in [0.15, 0.2) is 127 Å². The van der Waals surface area contributed by atoms with E-state index < -0.39 is 42.2 Å². The van der Waals surface area contributed by atoms with Crippen LogP contribution < -0.4 is 101 Å². The third-order valence-corrected chi connectivity index (χ3v) is 16.0. The molecular formula is C80H111ClN6O27. The van der Waals surface area contributed by atoms with Gasteiger partial charge in [-0.1, -0.05) is 36.4 Å². The third kappa shape index (κ3) is 35.3. The van der Waals surface area contributed by atoms with Crippen molar-refractivity contribution in [1.29, 1.82) is 0 Å². The molecule has 0 amide bonds. The minimum absolute atomic E-state index is 0. The van der Waals surface area contributed by atoms with Gasteiger partial charge in [0.15, 0.2) is 80.5 Å². The Bertz CT molecular complexity index is 3620. The average molecular weight is 1620 g/mol. The zero-order valence-corrected chi connectivity index (χ0v) is 68.7. The quantitative estimate of drug-likeness (QED) is 0.0114. The van der Waals surface area contributed by atoms with Crippen molar-refractivity contribution in [2.75, 3.05) is 135 Å². The molecule has 2 unspecified atom stereocenters. The Morgan fingerprint density at radius 3 is 0.544 bits per heavy atom. The van der Waals surface area contributed by atoms with Crippen molar-refractivity contribution in [3.8, 4) is 80.5 Å². The number of carbonyl (C=O) groups excluding carboxylic acids is 6. The maximum absolute atomic E-state index is 11.1. The number of carboxylic acid groups (broad SMARTS) is 1. The van der Waals surface area contributed by atoms with Crippen LogP contribution in [0.1, 0.15) is 119 Å². The van der Waals surface area contributed by atoms with E-state index in [1.54, 1.807) is 206 Å². The highest BCUT2D eigenvalue weighted by molar-refractivity contribution is 5.85. The number of hydrogen-bond donors (Lipinski definition) is 7. The minimum atomic E-state index is -0.928. The average Bonchev–Trinajstić information content (AvgIpc) is 0.857. The zero-order chi connectivity index (χ0) is 85.3. The molecule has 0 aromatic heterocycles. The number of rotatable bonds is 33. The maximum Gasteiger partial charge on any atom is 0.307 e. The van der Waals surface area contributed by atoms with Crippen molar-refractivity contribution in [3.05, 3.63) is 166 Å². The monoisotopic (exact) mass is 1620 g/mol. The number of carboxylic acids is 1. The van der Waals surface area contributed by atoms with Gasteiger partial charge in [-0.2, -0.15) is 0 Å². The first kappa shape index (κ1) is 102. The van der Waals surface area contributed by atoms with Gasteiger partial charge in [0.1, 0.15) is 6.29 Å². The highest BCUT2D eigenvalue weighted by atomic mass is 35.5. The van der Waals surface area contributed by atoms with Crippen LogP contribution in [-0.4, -0.2) is 182 Å². The summed E-state index contributed by atoms with van der Waals surface area (Å²) in [5, 5.41) is 8.64. The van der Waals surface area contributed by atoms with Crippen LogP contribution in [0.5, 0.6) is 80.5 Å². The lowest BCUT2D eigenvalue weighted by atomic mass is 10.0. The summed E-state index contributed by atoms with van der Waals surface area (Å²) in [5.41, 5.74) is 40.5. The topological polar surface area (TPSA) is 471 Å². The fourth-order valence-electron chi connectivity index (χ4n) is 9.64. The molecule has 7 aromatic carbocycles. The molecule has 0 bridgehead atoms. The van der Waals surface area contributed by atoms with E-state index in [9.17, 15) is 33.6 Å². The molecule has 6 atom stereocenters. The molecule has 0 aliphatic carbocycles. The van der Waals surface area contributed by atoms with Crippen LogP contribution in [0.3, 0.4) is 0 Å². The summed E-state index contributed by atoms with van der Waals surface area (Å²) in [4.78, 5) is 76.5. The molecule has 7 aromatic rings. The van der Waals surface area contributed by atoms with Crippen LogP contribution in [0.25, 0.3) is 0 Å². The Labute approximate surface area is 671 Å². The number of ether oxygens (including phenoxy) is 19. The highest BCUT2D eigenvalue weighted by Crippen LogP contribution is 2.36. The molecule has 0 aliphatic rings. The van der Waals surface area contributed by atoms with Gasteiger partial charge in [0.05, 0.1) is 174 Å². The minimum Gasteiger partial charge on any atom is -0.493 e. The van der Waals surface area contributed by atoms with Gasteiger partial charge in [0.25, 0.3) is 0 Å². The largest absolute Gasteiger partial charge is 0.493 e. The van der Waals surface area contributed by atoms with Crippen molar-refractivity contribution in [3.63, 3.8) is 0 Å². The lowest BCUT2D eigenvalue weighted by Gasteiger charge is -2.13. The van der Waals surface area contributed by atoms with E-state index in [1.165, 1.54) is 56.9 Å². The van der Waals surface area contributed by atoms with E-state index in [0.717, 1.165) is 34.1 Å². The van der Waals surface area contributed by atoms with E-state index in [2.05, 4.69) is 23.7 Å². The summed E-state index contributed by atoms with van der Waals surface area (Å²) in [7, 11) is 28.4. The van der Waals surface area contributed by atoms with Crippen molar-refractivity contribution in [1.82, 2.24) is 0 Å². The molecule has 0 heterocycles. The van der Waals surface area contributed by atoms with E-state index in [0.29, 0.717) is 91.6 Å². The number of hydrogen-bond acceptors (Lipinski definition) is 32. The lowest BCUT2D eigenvalue weighted by molar-refractivity contribution is -0.141. The molecule has 630 valence electrons. The summed E-state index contributed by atoms with van der Waals surface area (Å²) in [6.45, 7) is 0. The predicted octanol–water partition coefficient (Wildman–Crippen LogP) is 9.45. The number of halogens is 1. The fraction of sp³-hybridized carbons (Fsp3) is 0.388. The van der Waals surface area contributed by atoms with Crippen LogP contribution in [-0.2, 0) is 52.5 Å². The molecule has 0 radical (unpaired) electrons. The van der Waals surface area contributed by atoms with E-state index in [1.807, 2.05) is 0 Å². The zero-order valence-electron chi connectivity index (χ0n) is 67.8. The molecule has 13 N–H and O–H groups in total. The predicted molar refractivity (Wildman–Crippen MR) is 426 cm³/mol. The van der Waals surface area contributed by atoms with E-state index in [4.69, 9.17) is 106 Å². The molecule has 114 heavy (non-hydrogen) atoms. The lowest BCUT2D eigenvalue weighted by Crippen LogP contribution is -2.16. The van der Waals surface area contributed by atoms with Gasteiger partial charge >= 0.3 is 35.8 Å². The molecular weight excluding hydrogens is 1510 g/mol. The highest BCUT2D eigenvalue weighted by Gasteiger charge is 2.21. The molecule has 0 saturated carbocycles. The van der Waals surface area contributed by atoms with Crippen molar-refractivity contribution < 1.29 is 129 Å². The first-order valence-corrected chi connectivity index (χ1v) is 34.1. The summed E-state index contributed by atoms with van der Waals surface area (Å²) in [6, 6.07) is 34.1. The second kappa shape index (κ2) is 56.5. The number of carbonyl (C=O) groups is 7. The molecule has 34 heteroatoms. The second-order valence-corrected chi connectivity index (χ2v) is 23.1. The van der Waals surface area contributed by atoms with Crippen molar-refractivity contribution in [2.45, 2.75) is 74.8 Å². The van der Waals surface area contributed by atoms with Gasteiger partial charge in [-0.15, -0.1) is 12.4 Å². The first-order valence-electron chi connectivity index (χ1n) is 34.1. The van der Waals surface area contributed by atoms with Crippen LogP contribution >= 0.6 is 12.4 Å². The van der Waals surface area contributed by atoms with Crippen LogP contribution in [0.2, 0.25) is 0 Å². The molecule has 0 aliphatic heterocycles. The Morgan fingerprint density at radius 1 is 0.254 bits per heavy atom. The maximum atomic E-state index is 11.1. The number of esters is 5. The SMILES string of the molecule is COC(=O)CC(N)c1ccc(OC)c(OC)c1.COC(=O)C[C@@H](N)c1ccc(OC)c(OC)c1.COC(=O)C[C@@H](N)c1ccc(OC)c(OC)c1.COC(=O)C[C@H](N)c1ccc(OC)c(OC)c1.COC(=O)C[C@H](N)c1ccc(OC)c(OC)c1.COc1ccc(C(N)CC(=O)O)cc1OC.COc1ccc(C=O)cc1OC.Cl. The second-order valence-electron chi connectivity index (χ2n) is 23.1. The first-order chi connectivity index (χ1) is 54.0. The molecule has 0 saturated heterocycles. The van der Waals surface area contributed by atoms with Gasteiger partial charge in [0, 0.05) is 41.8 Å².